The molecule has 1 aromatic rings. The summed E-state index contributed by atoms with van der Waals surface area (Å²) in [5, 5.41) is 10.6. The third kappa shape index (κ3) is 3.85. The van der Waals surface area contributed by atoms with Crippen LogP contribution >= 0.6 is 0 Å². The minimum absolute atomic E-state index is 0.125. The number of nitro groups is 1. The van der Waals surface area contributed by atoms with Gasteiger partial charge in [0.25, 0.3) is 0 Å². The van der Waals surface area contributed by atoms with Crippen molar-refractivity contribution in [1.82, 2.24) is 9.88 Å². The number of ether oxygens (including phenoxy) is 1. The summed E-state index contributed by atoms with van der Waals surface area (Å²) in [5.41, 5.74) is 5.26. The Morgan fingerprint density at radius 1 is 1.44 bits per heavy atom. The fraction of sp³-hybridized carbons (Fsp3) is 0.545. The maximum Gasteiger partial charge on any atom is 0.311 e. The predicted molar refractivity (Wildman–Crippen MR) is 68.6 cm³/mol. The first-order valence-corrected chi connectivity index (χ1v) is 5.84. The van der Waals surface area contributed by atoms with Crippen LogP contribution in [0.1, 0.15) is 13.8 Å². The largest absolute Gasteiger partial charge is 0.476 e. The third-order valence-electron chi connectivity index (χ3n) is 2.63. The first-order valence-electron chi connectivity index (χ1n) is 5.84. The lowest BCUT2D eigenvalue weighted by molar-refractivity contribution is -0.384. The number of nitrogens with zero attached hydrogens (tertiary/aromatic N) is 3. The SMILES string of the molecule is CCN(CC)CCOc1ccc([N+](=O)[O-])c(N)n1. The monoisotopic (exact) mass is 254 g/mol. The summed E-state index contributed by atoms with van der Waals surface area (Å²) in [7, 11) is 0. The number of hydrogen-bond acceptors (Lipinski definition) is 6. The molecule has 100 valence electrons. The van der Waals surface area contributed by atoms with Gasteiger partial charge in [0.05, 0.1) is 4.92 Å². The topological polar surface area (TPSA) is 94.5 Å². The van der Waals surface area contributed by atoms with Gasteiger partial charge in [-0.15, -0.1) is 0 Å². The van der Waals surface area contributed by atoms with Crippen molar-refractivity contribution in [2.24, 2.45) is 0 Å². The molecule has 2 N–H and O–H groups in total. The minimum Gasteiger partial charge on any atom is -0.476 e. The van der Waals surface area contributed by atoms with Crippen LogP contribution in [-0.2, 0) is 0 Å². The van der Waals surface area contributed by atoms with Gasteiger partial charge in [0, 0.05) is 18.7 Å². The number of aromatic nitrogens is 1. The highest BCUT2D eigenvalue weighted by Crippen LogP contribution is 2.21. The number of hydrogen-bond donors (Lipinski definition) is 1. The zero-order valence-corrected chi connectivity index (χ0v) is 10.6. The normalized spacial score (nSPS) is 10.6. The van der Waals surface area contributed by atoms with Crippen molar-refractivity contribution in [1.29, 1.82) is 0 Å². The van der Waals surface area contributed by atoms with E-state index in [2.05, 4.69) is 23.7 Å². The maximum atomic E-state index is 10.6. The Hall–Kier alpha value is -1.89. The maximum absolute atomic E-state index is 10.6. The van der Waals surface area contributed by atoms with Crippen LogP contribution in [0.25, 0.3) is 0 Å². The summed E-state index contributed by atoms with van der Waals surface area (Å²) in [6.07, 6.45) is 0. The van der Waals surface area contributed by atoms with Gasteiger partial charge in [-0.25, -0.2) is 0 Å². The Labute approximate surface area is 106 Å². The Balaban J connectivity index is 2.53. The molecule has 0 fully saturated rings. The Morgan fingerprint density at radius 2 is 2.11 bits per heavy atom. The van der Waals surface area contributed by atoms with Crippen LogP contribution in [0.2, 0.25) is 0 Å². The highest BCUT2D eigenvalue weighted by Gasteiger charge is 2.13. The van der Waals surface area contributed by atoms with Gasteiger partial charge in [0.1, 0.15) is 6.61 Å². The number of rotatable bonds is 7. The molecule has 0 saturated carbocycles. The number of likely N-dealkylation sites (N-methyl/N-ethyl adjacent to an activating group) is 1. The van der Waals surface area contributed by atoms with E-state index < -0.39 is 4.92 Å². The first kappa shape index (κ1) is 14.2. The number of nitrogen functional groups attached to an aromatic ring is 1. The summed E-state index contributed by atoms with van der Waals surface area (Å²) in [6.45, 7) is 7.32. The van der Waals surface area contributed by atoms with Crippen LogP contribution in [0, 0.1) is 10.1 Å². The van der Waals surface area contributed by atoms with E-state index in [-0.39, 0.29) is 11.5 Å². The van der Waals surface area contributed by atoms with Crippen LogP contribution in [-0.4, -0.2) is 41.0 Å². The van der Waals surface area contributed by atoms with Gasteiger partial charge in [0.15, 0.2) is 0 Å². The molecule has 0 amide bonds. The summed E-state index contributed by atoms with van der Waals surface area (Å²) < 4.78 is 5.40. The molecule has 0 unspecified atom stereocenters. The van der Waals surface area contributed by atoms with E-state index in [4.69, 9.17) is 10.5 Å². The number of nitrogens with two attached hydrogens (primary N) is 1. The molecular weight excluding hydrogens is 236 g/mol. The molecule has 7 heteroatoms. The molecule has 1 rings (SSSR count). The third-order valence-corrected chi connectivity index (χ3v) is 2.63. The van der Waals surface area contributed by atoms with E-state index in [0.717, 1.165) is 19.6 Å². The lowest BCUT2D eigenvalue weighted by Crippen LogP contribution is -2.28. The highest BCUT2D eigenvalue weighted by atomic mass is 16.6. The highest BCUT2D eigenvalue weighted by molar-refractivity contribution is 5.53. The first-order chi connectivity index (χ1) is 8.58. The average Bonchev–Trinajstić information content (AvgIpc) is 2.34. The quantitative estimate of drug-likeness (QED) is 0.582. The molecule has 0 atom stereocenters. The van der Waals surface area contributed by atoms with Gasteiger partial charge in [0.2, 0.25) is 11.7 Å². The van der Waals surface area contributed by atoms with Gasteiger partial charge in [-0.3, -0.25) is 10.1 Å². The van der Waals surface area contributed by atoms with Crippen molar-refractivity contribution < 1.29 is 9.66 Å². The van der Waals surface area contributed by atoms with E-state index in [1.165, 1.54) is 12.1 Å². The van der Waals surface area contributed by atoms with Crippen LogP contribution < -0.4 is 10.5 Å². The molecule has 18 heavy (non-hydrogen) atoms. The molecule has 0 aliphatic rings. The molecular formula is C11H18N4O3. The Bertz CT molecular complexity index is 407. The Morgan fingerprint density at radius 3 is 2.61 bits per heavy atom. The Kier molecular flexibility index (Phi) is 5.31. The molecule has 1 heterocycles. The van der Waals surface area contributed by atoms with Crippen LogP contribution in [0.5, 0.6) is 5.88 Å². The van der Waals surface area contributed by atoms with Crippen molar-refractivity contribution in [2.45, 2.75) is 13.8 Å². The molecule has 1 aromatic heterocycles. The summed E-state index contributed by atoms with van der Waals surface area (Å²) in [5.74, 6) is 0.186. The molecule has 7 nitrogen and oxygen atoms in total. The predicted octanol–water partition coefficient (Wildman–Crippen LogP) is 1.29. The van der Waals surface area contributed by atoms with Gasteiger partial charge in [-0.2, -0.15) is 4.98 Å². The molecule has 0 radical (unpaired) electrons. The summed E-state index contributed by atoms with van der Waals surface area (Å²) in [6, 6.07) is 2.76. The molecule has 0 aliphatic heterocycles. The van der Waals surface area contributed by atoms with Gasteiger partial charge >= 0.3 is 5.69 Å². The lowest BCUT2D eigenvalue weighted by Gasteiger charge is -2.17. The fourth-order valence-corrected chi connectivity index (χ4v) is 1.50. The van der Waals surface area contributed by atoms with E-state index in [9.17, 15) is 10.1 Å². The second kappa shape index (κ2) is 6.75. The van der Waals surface area contributed by atoms with Gasteiger partial charge < -0.3 is 15.4 Å². The van der Waals surface area contributed by atoms with Gasteiger partial charge in [-0.05, 0) is 13.1 Å². The van der Waals surface area contributed by atoms with Crippen LogP contribution in [0.3, 0.4) is 0 Å². The molecule has 0 bridgehead atoms. The molecule has 0 aliphatic carbocycles. The van der Waals surface area contributed by atoms with Crippen molar-refractivity contribution in [3.63, 3.8) is 0 Å². The van der Waals surface area contributed by atoms with Crippen molar-refractivity contribution in [2.75, 3.05) is 32.0 Å². The standard InChI is InChI=1S/C11H18N4O3/c1-3-14(4-2)7-8-18-10-6-5-9(15(16)17)11(12)13-10/h5-6H,3-4,7-8H2,1-2H3,(H2,12,13). The number of pyridine rings is 1. The van der Waals surface area contributed by atoms with E-state index in [1.54, 1.807) is 0 Å². The van der Waals surface area contributed by atoms with Crippen LogP contribution in [0.15, 0.2) is 12.1 Å². The molecule has 0 saturated heterocycles. The molecule has 0 aromatic carbocycles. The van der Waals surface area contributed by atoms with Crippen molar-refractivity contribution in [3.8, 4) is 5.88 Å². The minimum atomic E-state index is -0.567. The second-order valence-electron chi connectivity index (χ2n) is 3.69. The van der Waals surface area contributed by atoms with E-state index in [0.29, 0.717) is 12.5 Å². The van der Waals surface area contributed by atoms with Crippen LogP contribution in [0.4, 0.5) is 11.5 Å². The van der Waals surface area contributed by atoms with Crippen molar-refractivity contribution >= 4 is 11.5 Å². The summed E-state index contributed by atoms with van der Waals surface area (Å²) in [4.78, 5) is 16.0. The zero-order valence-electron chi connectivity index (χ0n) is 10.6. The lowest BCUT2D eigenvalue weighted by atomic mass is 10.4. The number of anilines is 1. The van der Waals surface area contributed by atoms with Gasteiger partial charge in [-0.1, -0.05) is 13.8 Å². The average molecular weight is 254 g/mol. The zero-order chi connectivity index (χ0) is 13.5. The smallest absolute Gasteiger partial charge is 0.311 e. The molecule has 0 spiro atoms. The van der Waals surface area contributed by atoms with Crippen molar-refractivity contribution in [3.05, 3.63) is 22.2 Å². The summed E-state index contributed by atoms with van der Waals surface area (Å²) >= 11 is 0. The van der Waals surface area contributed by atoms with E-state index in [1.807, 2.05) is 0 Å². The van der Waals surface area contributed by atoms with E-state index >= 15 is 0 Å². The second-order valence-corrected chi connectivity index (χ2v) is 3.69. The fourth-order valence-electron chi connectivity index (χ4n) is 1.50.